The lowest BCUT2D eigenvalue weighted by Gasteiger charge is -2.20. The van der Waals surface area contributed by atoms with E-state index in [4.69, 9.17) is 9.47 Å². The Balaban J connectivity index is 1.60. The molecule has 8 nitrogen and oxygen atoms in total. The molecule has 0 fully saturated rings. The molecule has 0 saturated heterocycles. The first-order chi connectivity index (χ1) is 12.6. The summed E-state index contributed by atoms with van der Waals surface area (Å²) in [5.41, 5.74) is 1.48. The summed E-state index contributed by atoms with van der Waals surface area (Å²) in [5.74, 6) is 1.95. The lowest BCUT2D eigenvalue weighted by atomic mass is 10.1. The molecule has 1 aromatic carbocycles. The third-order valence-corrected chi connectivity index (χ3v) is 5.85. The Morgan fingerprint density at radius 2 is 2.31 bits per heavy atom. The molecule has 0 N–H and O–H groups in total. The molecule has 134 valence electrons. The standard InChI is InChI=1S/C16H14N4O4S2/c1-19-15(13-3-2-4-25-13)17-18-16(19)26-8-11-6-12(20(21)22)5-10-7-23-9-24-14(10)11/h2-6H,7-9H2,1H3. The fourth-order valence-corrected chi connectivity index (χ4v) is 4.32. The van der Waals surface area contributed by atoms with Gasteiger partial charge in [-0.3, -0.25) is 10.1 Å². The zero-order chi connectivity index (χ0) is 18.1. The highest BCUT2D eigenvalue weighted by Gasteiger charge is 2.22. The van der Waals surface area contributed by atoms with Gasteiger partial charge >= 0.3 is 0 Å². The van der Waals surface area contributed by atoms with E-state index in [0.717, 1.165) is 21.4 Å². The highest BCUT2D eigenvalue weighted by Crippen LogP contribution is 2.36. The molecule has 0 atom stereocenters. The van der Waals surface area contributed by atoms with Crippen molar-refractivity contribution in [3.63, 3.8) is 0 Å². The summed E-state index contributed by atoms with van der Waals surface area (Å²) < 4.78 is 12.7. The number of aromatic nitrogens is 3. The number of fused-ring (bicyclic) bond motifs is 1. The van der Waals surface area contributed by atoms with Crippen LogP contribution in [0, 0.1) is 10.1 Å². The largest absolute Gasteiger partial charge is 0.467 e. The molecule has 0 unspecified atom stereocenters. The quantitative estimate of drug-likeness (QED) is 0.373. The van der Waals surface area contributed by atoms with Gasteiger partial charge in [-0.1, -0.05) is 17.8 Å². The van der Waals surface area contributed by atoms with Gasteiger partial charge in [-0.2, -0.15) is 0 Å². The van der Waals surface area contributed by atoms with E-state index in [-0.39, 0.29) is 12.5 Å². The van der Waals surface area contributed by atoms with Gasteiger partial charge in [0.15, 0.2) is 17.8 Å². The highest BCUT2D eigenvalue weighted by atomic mass is 32.2. The Kier molecular flexibility index (Phi) is 4.62. The molecule has 1 aliphatic rings. The van der Waals surface area contributed by atoms with E-state index in [2.05, 4.69) is 10.2 Å². The van der Waals surface area contributed by atoms with E-state index in [1.807, 2.05) is 29.1 Å². The Hall–Kier alpha value is -2.43. The Morgan fingerprint density at radius 1 is 1.42 bits per heavy atom. The molecule has 1 aliphatic heterocycles. The van der Waals surface area contributed by atoms with Crippen LogP contribution in [0.15, 0.2) is 34.8 Å². The lowest BCUT2D eigenvalue weighted by Crippen LogP contribution is -2.13. The van der Waals surface area contributed by atoms with Gasteiger partial charge in [-0.25, -0.2) is 0 Å². The molecule has 0 bridgehead atoms. The number of non-ortho nitro benzene ring substituents is 1. The topological polar surface area (TPSA) is 92.3 Å². The summed E-state index contributed by atoms with van der Waals surface area (Å²) >= 11 is 3.06. The van der Waals surface area contributed by atoms with Crippen LogP contribution < -0.4 is 4.74 Å². The maximum atomic E-state index is 11.2. The molecular formula is C16H14N4O4S2. The molecule has 3 heterocycles. The van der Waals surface area contributed by atoms with Crippen molar-refractivity contribution in [2.45, 2.75) is 17.5 Å². The third kappa shape index (κ3) is 3.18. The van der Waals surface area contributed by atoms with Crippen molar-refractivity contribution in [1.29, 1.82) is 0 Å². The number of nitro benzene ring substituents is 1. The van der Waals surface area contributed by atoms with Crippen LogP contribution in [0.5, 0.6) is 5.75 Å². The van der Waals surface area contributed by atoms with Crippen molar-refractivity contribution in [1.82, 2.24) is 14.8 Å². The van der Waals surface area contributed by atoms with Crippen LogP contribution in [0.25, 0.3) is 10.7 Å². The first kappa shape index (κ1) is 17.0. The number of nitro groups is 1. The molecule has 26 heavy (non-hydrogen) atoms. The van der Waals surface area contributed by atoms with E-state index in [0.29, 0.717) is 23.7 Å². The molecule has 10 heteroatoms. The van der Waals surface area contributed by atoms with Crippen molar-refractivity contribution in [2.75, 3.05) is 6.79 Å². The zero-order valence-electron chi connectivity index (χ0n) is 13.7. The van der Waals surface area contributed by atoms with Crippen LogP contribution in [-0.2, 0) is 24.1 Å². The normalized spacial score (nSPS) is 13.3. The molecule has 3 aromatic rings. The number of thioether (sulfide) groups is 1. The van der Waals surface area contributed by atoms with Crippen LogP contribution in [0.1, 0.15) is 11.1 Å². The number of benzene rings is 1. The number of hydrogen-bond donors (Lipinski definition) is 0. The van der Waals surface area contributed by atoms with Gasteiger partial charge in [-0.05, 0) is 11.4 Å². The first-order valence-corrected chi connectivity index (χ1v) is 9.57. The van der Waals surface area contributed by atoms with Crippen LogP contribution >= 0.6 is 23.1 Å². The Morgan fingerprint density at radius 3 is 3.08 bits per heavy atom. The molecule has 0 spiro atoms. The second-order valence-corrected chi connectivity index (χ2v) is 7.48. The predicted octanol–water partition coefficient (Wildman–Crippen LogP) is 3.61. The average Bonchev–Trinajstić information content (AvgIpc) is 3.29. The van der Waals surface area contributed by atoms with Crippen LogP contribution in [0.3, 0.4) is 0 Å². The zero-order valence-corrected chi connectivity index (χ0v) is 15.4. The number of ether oxygens (including phenoxy) is 2. The van der Waals surface area contributed by atoms with E-state index in [9.17, 15) is 10.1 Å². The van der Waals surface area contributed by atoms with Gasteiger partial charge in [0.25, 0.3) is 5.69 Å². The SMILES string of the molecule is Cn1c(SCc2cc([N+](=O)[O-])cc3c2OCOC3)nnc1-c1cccs1. The lowest BCUT2D eigenvalue weighted by molar-refractivity contribution is -0.385. The maximum Gasteiger partial charge on any atom is 0.270 e. The van der Waals surface area contributed by atoms with Crippen LogP contribution in [-0.4, -0.2) is 26.5 Å². The summed E-state index contributed by atoms with van der Waals surface area (Å²) in [6.07, 6.45) is 0. The molecule has 0 amide bonds. The third-order valence-electron chi connectivity index (χ3n) is 3.92. The summed E-state index contributed by atoms with van der Waals surface area (Å²) in [5, 5.41) is 22.4. The van der Waals surface area contributed by atoms with Gasteiger partial charge in [0.05, 0.1) is 16.4 Å². The predicted molar refractivity (Wildman–Crippen MR) is 97.3 cm³/mol. The van der Waals surface area contributed by atoms with Gasteiger partial charge in [0.2, 0.25) is 0 Å². The van der Waals surface area contributed by atoms with E-state index < -0.39 is 4.92 Å². The minimum atomic E-state index is -0.403. The monoisotopic (exact) mass is 390 g/mol. The van der Waals surface area contributed by atoms with E-state index in [1.54, 1.807) is 17.4 Å². The molecule has 4 rings (SSSR count). The second kappa shape index (κ2) is 7.06. The summed E-state index contributed by atoms with van der Waals surface area (Å²) in [4.78, 5) is 11.8. The molecule has 0 radical (unpaired) electrons. The van der Waals surface area contributed by atoms with Crippen molar-refractivity contribution in [3.05, 3.63) is 50.9 Å². The highest BCUT2D eigenvalue weighted by molar-refractivity contribution is 7.98. The average molecular weight is 390 g/mol. The van der Waals surface area contributed by atoms with Crippen molar-refractivity contribution >= 4 is 28.8 Å². The number of rotatable bonds is 5. The minimum Gasteiger partial charge on any atom is -0.467 e. The molecule has 0 aliphatic carbocycles. The van der Waals surface area contributed by atoms with Crippen LogP contribution in [0.4, 0.5) is 5.69 Å². The second-order valence-electron chi connectivity index (χ2n) is 5.59. The van der Waals surface area contributed by atoms with Gasteiger partial charge in [0.1, 0.15) is 5.75 Å². The van der Waals surface area contributed by atoms with Gasteiger partial charge in [-0.15, -0.1) is 21.5 Å². The summed E-state index contributed by atoms with van der Waals surface area (Å²) in [6.45, 7) is 0.454. The fourth-order valence-electron chi connectivity index (χ4n) is 2.70. The number of nitrogens with zero attached hydrogens (tertiary/aromatic N) is 4. The maximum absolute atomic E-state index is 11.2. The van der Waals surface area contributed by atoms with Crippen molar-refractivity contribution in [2.24, 2.45) is 7.05 Å². The summed E-state index contributed by atoms with van der Waals surface area (Å²) in [6, 6.07) is 7.01. The van der Waals surface area contributed by atoms with Crippen molar-refractivity contribution < 1.29 is 14.4 Å². The minimum absolute atomic E-state index is 0.0330. The smallest absolute Gasteiger partial charge is 0.270 e. The van der Waals surface area contributed by atoms with Gasteiger partial charge < -0.3 is 14.0 Å². The summed E-state index contributed by atoms with van der Waals surface area (Å²) in [7, 11) is 1.91. The number of thiophene rings is 1. The van der Waals surface area contributed by atoms with Gasteiger partial charge in [0, 0.05) is 36.1 Å². The fraction of sp³-hybridized carbons (Fsp3) is 0.250. The van der Waals surface area contributed by atoms with E-state index in [1.165, 1.54) is 17.8 Å². The Labute approximate surface area is 156 Å². The Bertz CT molecular complexity index is 956. The molecule has 2 aromatic heterocycles. The van der Waals surface area contributed by atoms with Crippen LogP contribution in [0.2, 0.25) is 0 Å². The molecular weight excluding hydrogens is 376 g/mol. The van der Waals surface area contributed by atoms with Crippen molar-refractivity contribution in [3.8, 4) is 16.5 Å². The number of hydrogen-bond acceptors (Lipinski definition) is 8. The van der Waals surface area contributed by atoms with E-state index >= 15 is 0 Å². The molecule has 0 saturated carbocycles. The first-order valence-electron chi connectivity index (χ1n) is 7.70.